The van der Waals surface area contributed by atoms with Crippen LogP contribution in [0.15, 0.2) is 22.7 Å². The fourth-order valence-corrected chi connectivity index (χ4v) is 2.30. The maximum atomic E-state index is 13.5. The molecule has 1 N–H and O–H groups in total. The molecule has 0 aromatic heterocycles. The van der Waals surface area contributed by atoms with Crippen LogP contribution in [-0.2, 0) is 4.79 Å². The molecular formula is C12H11BrFNO3. The Morgan fingerprint density at radius 1 is 1.44 bits per heavy atom. The van der Waals surface area contributed by atoms with Crippen molar-refractivity contribution >= 4 is 27.8 Å². The van der Waals surface area contributed by atoms with Gasteiger partial charge in [0.15, 0.2) is 0 Å². The van der Waals surface area contributed by atoms with Crippen molar-refractivity contribution < 1.29 is 19.1 Å². The molecule has 1 aliphatic heterocycles. The van der Waals surface area contributed by atoms with Crippen molar-refractivity contribution in [2.45, 2.75) is 6.42 Å². The van der Waals surface area contributed by atoms with Crippen LogP contribution in [0.2, 0.25) is 0 Å². The summed E-state index contributed by atoms with van der Waals surface area (Å²) >= 11 is 3.18. The number of carboxylic acids is 1. The molecule has 0 saturated carbocycles. The lowest BCUT2D eigenvalue weighted by atomic mass is 9.95. The highest BCUT2D eigenvalue weighted by molar-refractivity contribution is 9.10. The van der Waals surface area contributed by atoms with Gasteiger partial charge in [-0.25, -0.2) is 4.39 Å². The van der Waals surface area contributed by atoms with Gasteiger partial charge in [0, 0.05) is 23.5 Å². The zero-order valence-corrected chi connectivity index (χ0v) is 11.0. The number of nitrogens with zero attached hydrogens (tertiary/aromatic N) is 1. The predicted octanol–water partition coefficient (Wildman–Crippen LogP) is 2.13. The Balaban J connectivity index is 2.01. The first-order valence-electron chi connectivity index (χ1n) is 5.43. The number of halogens is 2. The van der Waals surface area contributed by atoms with E-state index < -0.39 is 17.7 Å². The summed E-state index contributed by atoms with van der Waals surface area (Å²) in [4.78, 5) is 23.9. The van der Waals surface area contributed by atoms with E-state index in [2.05, 4.69) is 15.9 Å². The summed E-state index contributed by atoms with van der Waals surface area (Å²) in [7, 11) is 0. The minimum Gasteiger partial charge on any atom is -0.481 e. The number of carbonyl (C=O) groups is 2. The quantitative estimate of drug-likeness (QED) is 0.929. The Kier molecular flexibility index (Phi) is 3.65. The molecule has 1 heterocycles. The van der Waals surface area contributed by atoms with Crippen molar-refractivity contribution in [1.29, 1.82) is 0 Å². The number of carbonyl (C=O) groups excluding carboxylic acids is 1. The van der Waals surface area contributed by atoms with Gasteiger partial charge in [-0.15, -0.1) is 0 Å². The molecule has 0 unspecified atom stereocenters. The van der Waals surface area contributed by atoms with Crippen LogP contribution in [0, 0.1) is 11.7 Å². The maximum Gasteiger partial charge on any atom is 0.303 e. The zero-order chi connectivity index (χ0) is 13.3. The maximum absolute atomic E-state index is 13.5. The Labute approximate surface area is 112 Å². The fraction of sp³-hybridized carbons (Fsp3) is 0.333. The first-order chi connectivity index (χ1) is 8.47. The van der Waals surface area contributed by atoms with E-state index in [1.807, 2.05) is 0 Å². The largest absolute Gasteiger partial charge is 0.481 e. The van der Waals surface area contributed by atoms with Crippen molar-refractivity contribution in [3.63, 3.8) is 0 Å². The molecule has 6 heteroatoms. The third kappa shape index (κ3) is 2.69. The van der Waals surface area contributed by atoms with Crippen LogP contribution in [0.5, 0.6) is 0 Å². The Hall–Kier alpha value is -1.43. The second kappa shape index (κ2) is 5.06. The van der Waals surface area contributed by atoms with Gasteiger partial charge in [0.1, 0.15) is 5.82 Å². The minimum atomic E-state index is -0.874. The molecule has 1 aliphatic rings. The average Bonchev–Trinajstić information content (AvgIpc) is 2.25. The van der Waals surface area contributed by atoms with Crippen LogP contribution in [-0.4, -0.2) is 35.0 Å². The third-order valence-corrected chi connectivity index (χ3v) is 3.36. The molecule has 0 radical (unpaired) electrons. The van der Waals surface area contributed by atoms with Crippen molar-refractivity contribution in [3.05, 3.63) is 34.1 Å². The molecule has 1 aromatic rings. The number of benzene rings is 1. The molecule has 0 aliphatic carbocycles. The Morgan fingerprint density at radius 2 is 2.11 bits per heavy atom. The molecule has 0 spiro atoms. The highest BCUT2D eigenvalue weighted by atomic mass is 79.9. The molecule has 1 fully saturated rings. The third-order valence-electron chi connectivity index (χ3n) is 2.87. The lowest BCUT2D eigenvalue weighted by molar-refractivity contribution is -0.139. The van der Waals surface area contributed by atoms with E-state index in [9.17, 15) is 14.0 Å². The van der Waals surface area contributed by atoms with Crippen LogP contribution in [0.4, 0.5) is 4.39 Å². The van der Waals surface area contributed by atoms with E-state index in [-0.39, 0.29) is 17.9 Å². The Bertz CT molecular complexity index is 500. The Morgan fingerprint density at radius 3 is 2.72 bits per heavy atom. The first-order valence-corrected chi connectivity index (χ1v) is 6.23. The molecule has 1 amide bonds. The van der Waals surface area contributed by atoms with Gasteiger partial charge in [0.2, 0.25) is 0 Å². The summed E-state index contributed by atoms with van der Waals surface area (Å²) in [5.41, 5.74) is 0.0122. The monoisotopic (exact) mass is 315 g/mol. The smallest absolute Gasteiger partial charge is 0.303 e. The number of hydrogen-bond acceptors (Lipinski definition) is 2. The van der Waals surface area contributed by atoms with Crippen LogP contribution < -0.4 is 0 Å². The van der Waals surface area contributed by atoms with Crippen molar-refractivity contribution in [3.8, 4) is 0 Å². The van der Waals surface area contributed by atoms with E-state index >= 15 is 0 Å². The van der Waals surface area contributed by atoms with Gasteiger partial charge in [-0.1, -0.05) is 15.9 Å². The second-order valence-corrected chi connectivity index (χ2v) is 5.21. The molecule has 18 heavy (non-hydrogen) atoms. The molecule has 0 bridgehead atoms. The summed E-state index contributed by atoms with van der Waals surface area (Å²) < 4.78 is 14.1. The highest BCUT2D eigenvalue weighted by Crippen LogP contribution is 2.24. The van der Waals surface area contributed by atoms with Crippen molar-refractivity contribution in [1.82, 2.24) is 4.90 Å². The number of amides is 1. The van der Waals surface area contributed by atoms with Gasteiger partial charge < -0.3 is 10.0 Å². The summed E-state index contributed by atoms with van der Waals surface area (Å²) in [5, 5.41) is 8.60. The van der Waals surface area contributed by atoms with Crippen LogP contribution in [0.25, 0.3) is 0 Å². The molecular weight excluding hydrogens is 305 g/mol. The standard InChI is InChI=1S/C12H11BrFNO3/c13-8-1-2-10(14)9(4-8)12(18)15-5-7(6-15)3-11(16)17/h1-2,4,7H,3,5-6H2,(H,16,17). The van der Waals surface area contributed by atoms with E-state index in [1.165, 1.54) is 23.1 Å². The molecule has 1 saturated heterocycles. The number of hydrogen-bond donors (Lipinski definition) is 1. The summed E-state index contributed by atoms with van der Waals surface area (Å²) in [6.45, 7) is 0.744. The molecule has 4 nitrogen and oxygen atoms in total. The van der Waals surface area contributed by atoms with Gasteiger partial charge in [-0.3, -0.25) is 9.59 Å². The fourth-order valence-electron chi connectivity index (χ4n) is 1.94. The SMILES string of the molecule is O=C(O)CC1CN(C(=O)c2cc(Br)ccc2F)C1. The van der Waals surface area contributed by atoms with E-state index in [4.69, 9.17) is 5.11 Å². The highest BCUT2D eigenvalue weighted by Gasteiger charge is 2.33. The number of rotatable bonds is 3. The van der Waals surface area contributed by atoms with Gasteiger partial charge in [0.05, 0.1) is 12.0 Å². The summed E-state index contributed by atoms with van der Waals surface area (Å²) in [5.74, 6) is -1.86. The van der Waals surface area contributed by atoms with E-state index in [0.717, 1.165) is 0 Å². The van der Waals surface area contributed by atoms with E-state index in [0.29, 0.717) is 17.6 Å². The summed E-state index contributed by atoms with van der Waals surface area (Å²) in [6.07, 6.45) is 0.0464. The van der Waals surface area contributed by atoms with Crippen LogP contribution in [0.1, 0.15) is 16.8 Å². The number of likely N-dealkylation sites (tertiary alicyclic amines) is 1. The topological polar surface area (TPSA) is 57.6 Å². The van der Waals surface area contributed by atoms with Gasteiger partial charge in [0.25, 0.3) is 5.91 Å². The number of aliphatic carboxylic acids is 1. The summed E-state index contributed by atoms with van der Waals surface area (Å²) in [6, 6.07) is 4.18. The van der Waals surface area contributed by atoms with Gasteiger partial charge >= 0.3 is 5.97 Å². The zero-order valence-electron chi connectivity index (χ0n) is 9.40. The van der Waals surface area contributed by atoms with Crippen molar-refractivity contribution in [2.24, 2.45) is 5.92 Å². The lowest BCUT2D eigenvalue weighted by Gasteiger charge is -2.38. The minimum absolute atomic E-state index is 0.0122. The molecule has 1 aromatic carbocycles. The van der Waals surface area contributed by atoms with Crippen LogP contribution in [0.3, 0.4) is 0 Å². The van der Waals surface area contributed by atoms with Crippen molar-refractivity contribution in [2.75, 3.05) is 13.1 Å². The van der Waals surface area contributed by atoms with Crippen LogP contribution >= 0.6 is 15.9 Å². The number of carboxylic acid groups (broad SMARTS) is 1. The van der Waals surface area contributed by atoms with Gasteiger partial charge in [-0.2, -0.15) is 0 Å². The lowest BCUT2D eigenvalue weighted by Crippen LogP contribution is -2.50. The molecule has 96 valence electrons. The molecule has 0 atom stereocenters. The average molecular weight is 316 g/mol. The van der Waals surface area contributed by atoms with E-state index in [1.54, 1.807) is 0 Å². The first kappa shape index (κ1) is 13.0. The molecule has 2 rings (SSSR count). The van der Waals surface area contributed by atoms with Gasteiger partial charge in [-0.05, 0) is 18.2 Å². The predicted molar refractivity (Wildman–Crippen MR) is 65.7 cm³/mol. The second-order valence-electron chi connectivity index (χ2n) is 4.30. The normalized spacial score (nSPS) is 15.3.